The highest BCUT2D eigenvalue weighted by atomic mass is 79.9. The van der Waals surface area contributed by atoms with Crippen LogP contribution >= 0.6 is 15.9 Å². The third kappa shape index (κ3) is 2.24. The van der Waals surface area contributed by atoms with E-state index in [1.165, 1.54) is 22.3 Å². The molecule has 0 atom stereocenters. The summed E-state index contributed by atoms with van der Waals surface area (Å²) in [6.07, 6.45) is 2.79. The smallest absolute Gasteiger partial charge is 0.144 e. The molecule has 2 nitrogen and oxygen atoms in total. The Labute approximate surface area is 132 Å². The summed E-state index contributed by atoms with van der Waals surface area (Å²) in [5, 5.41) is 3.37. The predicted molar refractivity (Wildman–Crippen MR) is 89.9 cm³/mol. The zero-order valence-electron chi connectivity index (χ0n) is 11.3. The van der Waals surface area contributed by atoms with Crippen molar-refractivity contribution in [1.82, 2.24) is 4.98 Å². The van der Waals surface area contributed by atoms with Gasteiger partial charge in [0.1, 0.15) is 5.82 Å². The molecule has 2 aromatic carbocycles. The Morgan fingerprint density at radius 3 is 2.67 bits per heavy atom. The van der Waals surface area contributed by atoms with Gasteiger partial charge in [0.15, 0.2) is 0 Å². The lowest BCUT2D eigenvalue weighted by molar-refractivity contribution is 1.25. The van der Waals surface area contributed by atoms with Crippen molar-refractivity contribution < 1.29 is 0 Å². The number of hydrogen-bond donors (Lipinski definition) is 1. The Morgan fingerprint density at radius 2 is 1.76 bits per heavy atom. The molecular formula is C18H13BrN2. The summed E-state index contributed by atoms with van der Waals surface area (Å²) in [5.41, 5.74) is 6.55. The molecule has 0 bridgehead atoms. The Hall–Kier alpha value is -2.13. The van der Waals surface area contributed by atoms with Crippen molar-refractivity contribution in [3.8, 4) is 11.1 Å². The average Bonchev–Trinajstić information content (AvgIpc) is 2.87. The van der Waals surface area contributed by atoms with Crippen molar-refractivity contribution in [1.29, 1.82) is 0 Å². The molecule has 0 unspecified atom stereocenters. The van der Waals surface area contributed by atoms with Gasteiger partial charge in [0.25, 0.3) is 0 Å². The van der Waals surface area contributed by atoms with Crippen molar-refractivity contribution in [2.24, 2.45) is 0 Å². The average molecular weight is 337 g/mol. The molecule has 0 amide bonds. The molecule has 1 aliphatic carbocycles. The summed E-state index contributed by atoms with van der Waals surface area (Å²) in [7, 11) is 0. The summed E-state index contributed by atoms with van der Waals surface area (Å²) in [4.78, 5) is 4.35. The Morgan fingerprint density at radius 1 is 0.905 bits per heavy atom. The summed E-state index contributed by atoms with van der Waals surface area (Å²) < 4.78 is 0.966. The van der Waals surface area contributed by atoms with E-state index in [0.717, 1.165) is 22.4 Å². The number of nitrogens with zero attached hydrogens (tertiary/aromatic N) is 1. The second-order valence-electron chi connectivity index (χ2n) is 5.16. The van der Waals surface area contributed by atoms with Gasteiger partial charge in [-0.15, -0.1) is 0 Å². The number of hydrogen-bond acceptors (Lipinski definition) is 2. The first-order valence-corrected chi connectivity index (χ1v) is 7.69. The van der Waals surface area contributed by atoms with Crippen LogP contribution < -0.4 is 5.32 Å². The standard InChI is InChI=1S/C18H13BrN2/c19-17-6-3-9-20-18(17)21-14-7-8-16-13(11-14)10-12-4-1-2-5-15(12)16/h1-9,11H,10H2,(H,20,21). The Bertz CT molecular complexity index is 827. The number of aromatic nitrogens is 1. The van der Waals surface area contributed by atoms with Crippen LogP contribution in [0.4, 0.5) is 11.5 Å². The maximum atomic E-state index is 4.35. The number of anilines is 2. The van der Waals surface area contributed by atoms with Crippen LogP contribution in [0.2, 0.25) is 0 Å². The van der Waals surface area contributed by atoms with Crippen molar-refractivity contribution in [3.63, 3.8) is 0 Å². The van der Waals surface area contributed by atoms with E-state index in [0.29, 0.717) is 0 Å². The van der Waals surface area contributed by atoms with Crippen molar-refractivity contribution in [2.75, 3.05) is 5.32 Å². The SMILES string of the molecule is Brc1cccnc1Nc1ccc2c(c1)Cc1ccccc1-2. The molecule has 0 aliphatic heterocycles. The Kier molecular flexibility index (Phi) is 3.00. The minimum Gasteiger partial charge on any atom is -0.339 e. The topological polar surface area (TPSA) is 24.9 Å². The van der Waals surface area contributed by atoms with E-state index in [2.05, 4.69) is 68.7 Å². The molecular weight excluding hydrogens is 324 g/mol. The van der Waals surface area contributed by atoms with Crippen LogP contribution in [0.1, 0.15) is 11.1 Å². The first-order valence-electron chi connectivity index (χ1n) is 6.90. The molecule has 1 aromatic heterocycles. The molecule has 3 heteroatoms. The quantitative estimate of drug-likeness (QED) is 0.547. The van der Waals surface area contributed by atoms with E-state index in [1.54, 1.807) is 6.20 Å². The highest BCUT2D eigenvalue weighted by molar-refractivity contribution is 9.10. The van der Waals surface area contributed by atoms with Gasteiger partial charge in [-0.05, 0) is 68.9 Å². The van der Waals surface area contributed by atoms with Crippen LogP contribution in [0.3, 0.4) is 0 Å². The summed E-state index contributed by atoms with van der Waals surface area (Å²) in [5.74, 6) is 0.841. The van der Waals surface area contributed by atoms with E-state index in [4.69, 9.17) is 0 Å². The van der Waals surface area contributed by atoms with E-state index >= 15 is 0 Å². The van der Waals surface area contributed by atoms with Gasteiger partial charge in [-0.2, -0.15) is 0 Å². The van der Waals surface area contributed by atoms with Crippen molar-refractivity contribution >= 4 is 27.4 Å². The number of rotatable bonds is 2. The zero-order chi connectivity index (χ0) is 14.2. The monoisotopic (exact) mass is 336 g/mol. The fourth-order valence-electron chi connectivity index (χ4n) is 2.84. The fourth-order valence-corrected chi connectivity index (χ4v) is 3.19. The van der Waals surface area contributed by atoms with Crippen LogP contribution in [0.5, 0.6) is 0 Å². The molecule has 1 aliphatic rings. The van der Waals surface area contributed by atoms with E-state index in [-0.39, 0.29) is 0 Å². The minimum atomic E-state index is 0.841. The lowest BCUT2D eigenvalue weighted by Crippen LogP contribution is -1.95. The second-order valence-corrected chi connectivity index (χ2v) is 6.02. The lowest BCUT2D eigenvalue weighted by atomic mass is 10.1. The van der Waals surface area contributed by atoms with E-state index in [9.17, 15) is 0 Å². The lowest BCUT2D eigenvalue weighted by Gasteiger charge is -2.09. The molecule has 1 N–H and O–H groups in total. The van der Waals surface area contributed by atoms with Crippen LogP contribution in [-0.4, -0.2) is 4.98 Å². The summed E-state index contributed by atoms with van der Waals surface area (Å²) in [6.45, 7) is 0. The normalized spacial score (nSPS) is 11.9. The number of halogens is 1. The molecule has 0 fully saturated rings. The molecule has 102 valence electrons. The maximum Gasteiger partial charge on any atom is 0.144 e. The molecule has 4 rings (SSSR count). The summed E-state index contributed by atoms with van der Waals surface area (Å²) >= 11 is 3.51. The first kappa shape index (κ1) is 12.6. The van der Waals surface area contributed by atoms with Gasteiger partial charge < -0.3 is 5.32 Å². The third-order valence-electron chi connectivity index (χ3n) is 3.81. The number of pyridine rings is 1. The molecule has 0 saturated carbocycles. The largest absolute Gasteiger partial charge is 0.339 e. The molecule has 0 spiro atoms. The van der Waals surface area contributed by atoms with E-state index in [1.807, 2.05) is 12.1 Å². The number of fused-ring (bicyclic) bond motifs is 3. The second kappa shape index (κ2) is 5.01. The van der Waals surface area contributed by atoms with Crippen LogP contribution in [0, 0.1) is 0 Å². The highest BCUT2D eigenvalue weighted by Crippen LogP contribution is 2.38. The number of benzene rings is 2. The molecule has 21 heavy (non-hydrogen) atoms. The van der Waals surface area contributed by atoms with Gasteiger partial charge in [-0.1, -0.05) is 30.3 Å². The summed E-state index contributed by atoms with van der Waals surface area (Å²) in [6, 6.07) is 19.0. The van der Waals surface area contributed by atoms with E-state index < -0.39 is 0 Å². The van der Waals surface area contributed by atoms with Crippen LogP contribution in [-0.2, 0) is 6.42 Å². The van der Waals surface area contributed by atoms with Gasteiger partial charge in [0, 0.05) is 11.9 Å². The van der Waals surface area contributed by atoms with Gasteiger partial charge in [-0.3, -0.25) is 0 Å². The van der Waals surface area contributed by atoms with Crippen molar-refractivity contribution in [2.45, 2.75) is 6.42 Å². The molecule has 1 heterocycles. The first-order chi connectivity index (χ1) is 10.3. The van der Waals surface area contributed by atoms with Crippen LogP contribution in [0.25, 0.3) is 11.1 Å². The highest BCUT2D eigenvalue weighted by Gasteiger charge is 2.17. The molecule has 0 saturated heterocycles. The minimum absolute atomic E-state index is 0.841. The van der Waals surface area contributed by atoms with Gasteiger partial charge in [-0.25, -0.2) is 4.98 Å². The van der Waals surface area contributed by atoms with Gasteiger partial charge >= 0.3 is 0 Å². The van der Waals surface area contributed by atoms with Crippen LogP contribution in [0.15, 0.2) is 65.3 Å². The molecule has 0 radical (unpaired) electrons. The van der Waals surface area contributed by atoms with Crippen molar-refractivity contribution in [3.05, 3.63) is 76.4 Å². The Balaban J connectivity index is 1.69. The fraction of sp³-hybridized carbons (Fsp3) is 0.0556. The van der Waals surface area contributed by atoms with Gasteiger partial charge in [0.2, 0.25) is 0 Å². The predicted octanol–water partition coefficient (Wildman–Crippen LogP) is 5.16. The molecule has 3 aromatic rings. The number of nitrogens with one attached hydrogen (secondary N) is 1. The zero-order valence-corrected chi connectivity index (χ0v) is 12.9. The van der Waals surface area contributed by atoms with Gasteiger partial charge in [0.05, 0.1) is 4.47 Å². The maximum absolute atomic E-state index is 4.35. The third-order valence-corrected chi connectivity index (χ3v) is 4.45.